The summed E-state index contributed by atoms with van der Waals surface area (Å²) in [6, 6.07) is 1.43. The fourth-order valence-electron chi connectivity index (χ4n) is 4.91. The van der Waals surface area contributed by atoms with E-state index < -0.39 is 17.6 Å². The monoisotopic (exact) mass is 475 g/mol. The number of halogens is 2. The maximum absolute atomic E-state index is 13.6. The molecular formula is C22H27F2N7O3. The van der Waals surface area contributed by atoms with E-state index in [0.29, 0.717) is 54.2 Å². The van der Waals surface area contributed by atoms with Gasteiger partial charge in [0.1, 0.15) is 11.6 Å². The summed E-state index contributed by atoms with van der Waals surface area (Å²) in [5.41, 5.74) is 0.422. The molecule has 182 valence electrons. The summed E-state index contributed by atoms with van der Waals surface area (Å²) in [5, 5.41) is 15.3. The average Bonchev–Trinajstić information content (AvgIpc) is 3.42. The van der Waals surface area contributed by atoms with Crippen molar-refractivity contribution in [2.75, 3.05) is 19.5 Å². The summed E-state index contributed by atoms with van der Waals surface area (Å²) >= 11 is 0. The third-order valence-corrected chi connectivity index (χ3v) is 6.94. The number of esters is 1. The minimum absolute atomic E-state index is 0.0371. The van der Waals surface area contributed by atoms with E-state index in [0.717, 1.165) is 5.69 Å². The van der Waals surface area contributed by atoms with Crippen molar-refractivity contribution in [3.05, 3.63) is 23.8 Å². The van der Waals surface area contributed by atoms with Gasteiger partial charge in [-0.3, -0.25) is 5.10 Å². The van der Waals surface area contributed by atoms with E-state index >= 15 is 0 Å². The predicted octanol–water partition coefficient (Wildman–Crippen LogP) is 3.79. The first-order valence-electron chi connectivity index (χ1n) is 11.3. The lowest BCUT2D eigenvalue weighted by Crippen LogP contribution is -2.44. The van der Waals surface area contributed by atoms with Gasteiger partial charge in [-0.15, -0.1) is 0 Å². The number of fused-ring (bicyclic) bond motifs is 1. The van der Waals surface area contributed by atoms with E-state index in [-0.39, 0.29) is 24.7 Å². The molecule has 3 aromatic rings. The number of ether oxygens (including phenoxy) is 2. The normalized spacial score (nSPS) is 24.7. The van der Waals surface area contributed by atoms with E-state index in [4.69, 9.17) is 19.4 Å². The maximum Gasteiger partial charge on any atom is 0.338 e. The molecule has 5 rings (SSSR count). The number of hydrogen-bond acceptors (Lipinski definition) is 8. The number of carbonyl (C=O) groups is 1. The van der Waals surface area contributed by atoms with Crippen LogP contribution in [0, 0.1) is 6.92 Å². The smallest absolute Gasteiger partial charge is 0.338 e. The van der Waals surface area contributed by atoms with Gasteiger partial charge in [-0.1, -0.05) is 0 Å². The van der Waals surface area contributed by atoms with Crippen molar-refractivity contribution < 1.29 is 23.0 Å². The minimum atomic E-state index is -2.67. The van der Waals surface area contributed by atoms with Crippen LogP contribution >= 0.6 is 0 Å². The van der Waals surface area contributed by atoms with Crippen molar-refractivity contribution in [3.63, 3.8) is 0 Å². The summed E-state index contributed by atoms with van der Waals surface area (Å²) in [4.78, 5) is 21.9. The molecule has 0 atom stereocenters. The molecule has 0 aliphatic heterocycles. The molecule has 0 amide bonds. The highest BCUT2D eigenvalue weighted by atomic mass is 19.3. The van der Waals surface area contributed by atoms with Crippen LogP contribution in [0.5, 0.6) is 0 Å². The van der Waals surface area contributed by atoms with Crippen LogP contribution in [0.4, 0.5) is 20.4 Å². The molecule has 2 fully saturated rings. The van der Waals surface area contributed by atoms with E-state index in [9.17, 15) is 13.6 Å². The Morgan fingerprint density at radius 1 is 1.24 bits per heavy atom. The number of alkyl halides is 2. The first-order chi connectivity index (χ1) is 16.2. The fraction of sp³-hybridized carbons (Fsp3) is 0.591. The van der Waals surface area contributed by atoms with Gasteiger partial charge in [0.05, 0.1) is 24.7 Å². The second kappa shape index (κ2) is 8.26. The second-order valence-corrected chi connectivity index (χ2v) is 9.20. The van der Waals surface area contributed by atoms with Crippen LogP contribution in [-0.4, -0.2) is 61.7 Å². The summed E-state index contributed by atoms with van der Waals surface area (Å²) in [6.07, 6.45) is 3.25. The number of rotatable bonds is 6. The molecular weight excluding hydrogens is 448 g/mol. The predicted molar refractivity (Wildman–Crippen MR) is 118 cm³/mol. The summed E-state index contributed by atoms with van der Waals surface area (Å²) in [6.45, 7) is 1.89. The Labute approximate surface area is 194 Å². The third kappa shape index (κ3) is 3.89. The fourth-order valence-corrected chi connectivity index (χ4v) is 4.91. The molecule has 0 radical (unpaired) electrons. The van der Waals surface area contributed by atoms with Gasteiger partial charge in [0.2, 0.25) is 0 Å². The quantitative estimate of drug-likeness (QED) is 0.517. The van der Waals surface area contributed by atoms with E-state index in [1.807, 2.05) is 13.0 Å². The molecule has 0 unspecified atom stereocenters. The average molecular weight is 476 g/mol. The van der Waals surface area contributed by atoms with Crippen LogP contribution in [0.15, 0.2) is 12.3 Å². The van der Waals surface area contributed by atoms with Gasteiger partial charge in [0.15, 0.2) is 17.1 Å². The highest BCUT2D eigenvalue weighted by molar-refractivity contribution is 5.88. The molecule has 12 heteroatoms. The Kier molecular flexibility index (Phi) is 5.50. The van der Waals surface area contributed by atoms with Gasteiger partial charge in [-0.05, 0) is 32.6 Å². The summed E-state index contributed by atoms with van der Waals surface area (Å²) in [5.74, 6) is -1.42. The highest BCUT2D eigenvalue weighted by Gasteiger charge is 2.48. The number of anilines is 2. The summed E-state index contributed by atoms with van der Waals surface area (Å²) < 4.78 is 39.2. The number of aromatic nitrogens is 6. The van der Waals surface area contributed by atoms with Gasteiger partial charge in [-0.25, -0.2) is 28.2 Å². The Balaban J connectivity index is 1.49. The molecule has 3 heterocycles. The zero-order valence-electron chi connectivity index (χ0n) is 19.3. The molecule has 0 bridgehead atoms. The van der Waals surface area contributed by atoms with E-state index in [2.05, 4.69) is 20.6 Å². The summed E-state index contributed by atoms with van der Waals surface area (Å²) in [7, 11) is 2.87. The Morgan fingerprint density at radius 3 is 2.56 bits per heavy atom. The molecule has 2 aliphatic carbocycles. The lowest BCUT2D eigenvalue weighted by atomic mass is 9.78. The molecule has 2 saturated carbocycles. The molecule has 10 nitrogen and oxygen atoms in total. The van der Waals surface area contributed by atoms with Crippen LogP contribution < -0.4 is 5.32 Å². The van der Waals surface area contributed by atoms with Crippen molar-refractivity contribution in [1.29, 1.82) is 0 Å². The van der Waals surface area contributed by atoms with Gasteiger partial charge in [0, 0.05) is 37.6 Å². The molecule has 0 saturated heterocycles. The number of nitrogens with zero attached hydrogens (tertiary/aromatic N) is 5. The van der Waals surface area contributed by atoms with Crippen molar-refractivity contribution >= 4 is 28.6 Å². The van der Waals surface area contributed by atoms with E-state index in [1.165, 1.54) is 14.2 Å². The number of aryl methyl sites for hydroxylation is 1. The Morgan fingerprint density at radius 2 is 1.97 bits per heavy atom. The first kappa shape index (κ1) is 22.6. The van der Waals surface area contributed by atoms with Crippen LogP contribution in [0.25, 0.3) is 11.0 Å². The number of H-pyrrole nitrogens is 1. The first-order valence-corrected chi connectivity index (χ1v) is 11.3. The maximum atomic E-state index is 13.6. The molecule has 34 heavy (non-hydrogen) atoms. The van der Waals surface area contributed by atoms with Gasteiger partial charge < -0.3 is 14.8 Å². The molecule has 0 spiro atoms. The topological polar surface area (TPSA) is 120 Å². The van der Waals surface area contributed by atoms with Crippen LogP contribution in [-0.2, 0) is 14.3 Å². The zero-order valence-corrected chi connectivity index (χ0v) is 19.3. The lowest BCUT2D eigenvalue weighted by molar-refractivity contribution is -0.170. The van der Waals surface area contributed by atoms with Crippen molar-refractivity contribution in [1.82, 2.24) is 29.9 Å². The molecule has 2 N–H and O–H groups in total. The van der Waals surface area contributed by atoms with Crippen LogP contribution in [0.3, 0.4) is 0 Å². The standard InChI is InChI=1S/C22H27F2N7O3/c1-12-8-16(30-29-12)26-18-15-11-25-31(14-9-22(23,24)10-14)19(15)28-17(27-18)13-4-6-21(34-3,7-5-13)20(32)33-2/h8,11,13-14H,4-7,9-10H2,1-3H3,(H2,26,27,28,29,30). The SMILES string of the molecule is COC(=O)C1(OC)CCC(c2nc(Nc3cc(C)[nH]n3)c3cnn(C4CC(F)(F)C4)c3n2)CC1. The number of methoxy groups -OCH3 is 2. The highest BCUT2D eigenvalue weighted by Crippen LogP contribution is 2.46. The van der Waals surface area contributed by atoms with Crippen molar-refractivity contribution in [2.45, 2.75) is 68.9 Å². The van der Waals surface area contributed by atoms with Gasteiger partial charge in [-0.2, -0.15) is 10.2 Å². The number of carbonyl (C=O) groups excluding carboxylic acids is 1. The largest absolute Gasteiger partial charge is 0.467 e. The minimum Gasteiger partial charge on any atom is -0.467 e. The third-order valence-electron chi connectivity index (χ3n) is 6.94. The van der Waals surface area contributed by atoms with Crippen molar-refractivity contribution in [2.24, 2.45) is 0 Å². The van der Waals surface area contributed by atoms with Crippen LogP contribution in [0.2, 0.25) is 0 Å². The zero-order chi connectivity index (χ0) is 24.1. The number of nitrogens with one attached hydrogen (secondary N) is 2. The van der Waals surface area contributed by atoms with E-state index in [1.54, 1.807) is 10.9 Å². The Hall–Kier alpha value is -3.15. The Bertz CT molecular complexity index is 1210. The lowest BCUT2D eigenvalue weighted by Gasteiger charge is -2.36. The molecule has 2 aliphatic rings. The van der Waals surface area contributed by atoms with Gasteiger partial charge >= 0.3 is 5.97 Å². The van der Waals surface area contributed by atoms with Crippen LogP contribution in [0.1, 0.15) is 62.0 Å². The number of hydrogen-bond donors (Lipinski definition) is 2. The molecule has 0 aromatic carbocycles. The van der Waals surface area contributed by atoms with Gasteiger partial charge in [0.25, 0.3) is 5.92 Å². The second-order valence-electron chi connectivity index (χ2n) is 9.20. The number of aromatic amines is 1. The van der Waals surface area contributed by atoms with Crippen molar-refractivity contribution in [3.8, 4) is 0 Å². The molecule has 3 aromatic heterocycles.